The third-order valence-corrected chi connectivity index (χ3v) is 3.69. The van der Waals surface area contributed by atoms with Crippen molar-refractivity contribution in [3.8, 4) is 22.6 Å². The van der Waals surface area contributed by atoms with Crippen molar-refractivity contribution in [3.63, 3.8) is 0 Å². The SMILES string of the molecule is CSCc1nc(-c2ccc(F)cc2)[nH]c1-c1cccnc1. The van der Waals surface area contributed by atoms with Crippen LogP contribution in [0.3, 0.4) is 0 Å². The molecule has 0 fully saturated rings. The summed E-state index contributed by atoms with van der Waals surface area (Å²) in [7, 11) is 0. The van der Waals surface area contributed by atoms with Crippen LogP contribution in [0.4, 0.5) is 4.39 Å². The van der Waals surface area contributed by atoms with Gasteiger partial charge in [-0.05, 0) is 42.7 Å². The van der Waals surface area contributed by atoms with Crippen LogP contribution in [0.5, 0.6) is 0 Å². The van der Waals surface area contributed by atoms with Crippen molar-refractivity contribution in [3.05, 3.63) is 60.3 Å². The molecule has 0 aliphatic carbocycles. The van der Waals surface area contributed by atoms with Gasteiger partial charge < -0.3 is 4.98 Å². The number of nitrogens with zero attached hydrogens (tertiary/aromatic N) is 2. The first-order valence-corrected chi connectivity index (χ1v) is 7.91. The highest BCUT2D eigenvalue weighted by Gasteiger charge is 2.13. The highest BCUT2D eigenvalue weighted by Crippen LogP contribution is 2.27. The predicted octanol–water partition coefficient (Wildman–Crippen LogP) is 4.14. The van der Waals surface area contributed by atoms with Gasteiger partial charge in [0.25, 0.3) is 0 Å². The average molecular weight is 299 g/mol. The summed E-state index contributed by atoms with van der Waals surface area (Å²) in [5, 5.41) is 0. The van der Waals surface area contributed by atoms with Crippen LogP contribution >= 0.6 is 11.8 Å². The Balaban J connectivity index is 2.06. The van der Waals surface area contributed by atoms with Gasteiger partial charge in [-0.2, -0.15) is 11.8 Å². The number of imidazole rings is 1. The van der Waals surface area contributed by atoms with E-state index in [1.807, 2.05) is 24.6 Å². The zero-order valence-corrected chi connectivity index (χ0v) is 12.3. The van der Waals surface area contributed by atoms with E-state index in [1.54, 1.807) is 30.1 Å². The Morgan fingerprint density at radius 2 is 1.95 bits per heavy atom. The third-order valence-electron chi connectivity index (χ3n) is 3.13. The van der Waals surface area contributed by atoms with Gasteiger partial charge in [0.2, 0.25) is 0 Å². The molecule has 2 heterocycles. The first-order valence-electron chi connectivity index (χ1n) is 6.52. The highest BCUT2D eigenvalue weighted by atomic mass is 32.2. The summed E-state index contributed by atoms with van der Waals surface area (Å²) in [6, 6.07) is 10.2. The van der Waals surface area contributed by atoms with Gasteiger partial charge >= 0.3 is 0 Å². The molecule has 21 heavy (non-hydrogen) atoms. The number of aromatic amines is 1. The van der Waals surface area contributed by atoms with Crippen LogP contribution in [0.15, 0.2) is 48.8 Å². The van der Waals surface area contributed by atoms with E-state index in [4.69, 9.17) is 0 Å². The van der Waals surface area contributed by atoms with E-state index in [-0.39, 0.29) is 5.82 Å². The maximum atomic E-state index is 13.0. The van der Waals surface area contributed by atoms with Crippen molar-refractivity contribution in [1.82, 2.24) is 15.0 Å². The molecule has 3 rings (SSSR count). The smallest absolute Gasteiger partial charge is 0.138 e. The molecule has 0 spiro atoms. The first kappa shape index (κ1) is 13.8. The largest absolute Gasteiger partial charge is 0.338 e. The molecule has 0 bridgehead atoms. The Hall–Kier alpha value is -2.14. The number of rotatable bonds is 4. The quantitative estimate of drug-likeness (QED) is 0.787. The molecule has 1 N–H and O–H groups in total. The fourth-order valence-electron chi connectivity index (χ4n) is 2.14. The Labute approximate surface area is 126 Å². The summed E-state index contributed by atoms with van der Waals surface area (Å²) in [6.45, 7) is 0. The highest BCUT2D eigenvalue weighted by molar-refractivity contribution is 7.97. The van der Waals surface area contributed by atoms with Crippen LogP contribution in [-0.2, 0) is 5.75 Å². The summed E-state index contributed by atoms with van der Waals surface area (Å²) in [5.41, 5.74) is 3.82. The van der Waals surface area contributed by atoms with Crippen LogP contribution in [0.25, 0.3) is 22.6 Å². The Bertz CT molecular complexity index is 723. The van der Waals surface area contributed by atoms with Crippen molar-refractivity contribution in [2.75, 3.05) is 6.26 Å². The molecule has 5 heteroatoms. The summed E-state index contributed by atoms with van der Waals surface area (Å²) in [6.07, 6.45) is 5.60. The van der Waals surface area contributed by atoms with E-state index in [2.05, 4.69) is 15.0 Å². The number of thioether (sulfide) groups is 1. The van der Waals surface area contributed by atoms with Gasteiger partial charge in [-0.3, -0.25) is 4.98 Å². The standard InChI is InChI=1S/C16H14FN3S/c1-21-10-14-15(12-3-2-8-18-9-12)20-16(19-14)11-4-6-13(17)7-5-11/h2-9H,10H2,1H3,(H,19,20). The zero-order valence-electron chi connectivity index (χ0n) is 11.5. The molecule has 0 saturated heterocycles. The molecule has 3 aromatic rings. The van der Waals surface area contributed by atoms with Crippen molar-refractivity contribution < 1.29 is 4.39 Å². The van der Waals surface area contributed by atoms with Gasteiger partial charge in [0, 0.05) is 29.3 Å². The zero-order chi connectivity index (χ0) is 14.7. The molecule has 3 nitrogen and oxygen atoms in total. The van der Waals surface area contributed by atoms with Gasteiger partial charge in [-0.25, -0.2) is 9.37 Å². The number of H-pyrrole nitrogens is 1. The van der Waals surface area contributed by atoms with Crippen LogP contribution < -0.4 is 0 Å². The molecule has 106 valence electrons. The molecule has 0 atom stereocenters. The minimum absolute atomic E-state index is 0.248. The van der Waals surface area contributed by atoms with Crippen molar-refractivity contribution in [2.24, 2.45) is 0 Å². The maximum Gasteiger partial charge on any atom is 0.138 e. The molecule has 2 aromatic heterocycles. The van der Waals surface area contributed by atoms with Gasteiger partial charge in [0.15, 0.2) is 0 Å². The summed E-state index contributed by atoms with van der Waals surface area (Å²) in [5.74, 6) is 1.31. The number of benzene rings is 1. The van der Waals surface area contributed by atoms with Gasteiger partial charge in [0.05, 0.1) is 11.4 Å². The molecule has 0 radical (unpaired) electrons. The lowest BCUT2D eigenvalue weighted by molar-refractivity contribution is 0.628. The maximum absolute atomic E-state index is 13.0. The second kappa shape index (κ2) is 6.10. The lowest BCUT2D eigenvalue weighted by Gasteiger charge is -2.00. The van der Waals surface area contributed by atoms with Crippen molar-refractivity contribution in [2.45, 2.75) is 5.75 Å². The fourth-order valence-corrected chi connectivity index (χ4v) is 2.63. The monoisotopic (exact) mass is 299 g/mol. The molecular weight excluding hydrogens is 285 g/mol. The van der Waals surface area contributed by atoms with Crippen molar-refractivity contribution >= 4 is 11.8 Å². The number of aromatic nitrogens is 3. The molecule has 0 saturated carbocycles. The summed E-state index contributed by atoms with van der Waals surface area (Å²) < 4.78 is 13.0. The molecule has 0 amide bonds. The van der Waals surface area contributed by atoms with Crippen LogP contribution in [-0.4, -0.2) is 21.2 Å². The summed E-state index contributed by atoms with van der Waals surface area (Å²) >= 11 is 1.71. The molecular formula is C16H14FN3S. The fraction of sp³-hybridized carbons (Fsp3) is 0.125. The molecule has 0 unspecified atom stereocenters. The predicted molar refractivity (Wildman–Crippen MR) is 84.4 cm³/mol. The lowest BCUT2D eigenvalue weighted by atomic mass is 10.2. The van der Waals surface area contributed by atoms with Crippen molar-refractivity contribution in [1.29, 1.82) is 0 Å². The second-order valence-electron chi connectivity index (χ2n) is 4.59. The van der Waals surface area contributed by atoms with Crippen LogP contribution in [0, 0.1) is 5.82 Å². The van der Waals surface area contributed by atoms with E-state index >= 15 is 0 Å². The van der Waals surface area contributed by atoms with E-state index in [0.717, 1.165) is 34.1 Å². The minimum atomic E-state index is -0.248. The summed E-state index contributed by atoms with van der Waals surface area (Å²) in [4.78, 5) is 12.1. The van der Waals surface area contributed by atoms with E-state index in [1.165, 1.54) is 12.1 Å². The van der Waals surface area contributed by atoms with Crippen LogP contribution in [0.1, 0.15) is 5.69 Å². The van der Waals surface area contributed by atoms with E-state index in [9.17, 15) is 4.39 Å². The number of halogens is 1. The van der Waals surface area contributed by atoms with Gasteiger partial charge in [-0.1, -0.05) is 0 Å². The topological polar surface area (TPSA) is 41.6 Å². The molecule has 0 aliphatic rings. The number of pyridine rings is 1. The number of hydrogen-bond donors (Lipinski definition) is 1. The first-order chi connectivity index (χ1) is 10.3. The van der Waals surface area contributed by atoms with Gasteiger partial charge in [0.1, 0.15) is 11.6 Å². The van der Waals surface area contributed by atoms with Crippen LogP contribution in [0.2, 0.25) is 0 Å². The molecule has 1 aromatic carbocycles. The average Bonchev–Trinajstić information content (AvgIpc) is 2.93. The van der Waals surface area contributed by atoms with E-state index in [0.29, 0.717) is 0 Å². The Morgan fingerprint density at radius 3 is 2.62 bits per heavy atom. The Morgan fingerprint density at radius 1 is 1.14 bits per heavy atom. The van der Waals surface area contributed by atoms with Gasteiger partial charge in [-0.15, -0.1) is 0 Å². The number of hydrogen-bond acceptors (Lipinski definition) is 3. The minimum Gasteiger partial charge on any atom is -0.338 e. The molecule has 0 aliphatic heterocycles. The third kappa shape index (κ3) is 2.97. The van der Waals surface area contributed by atoms with E-state index < -0.39 is 0 Å². The second-order valence-corrected chi connectivity index (χ2v) is 5.45. The number of nitrogens with one attached hydrogen (secondary N) is 1. The lowest BCUT2D eigenvalue weighted by Crippen LogP contribution is -1.86. The Kier molecular flexibility index (Phi) is 4.01. The normalized spacial score (nSPS) is 10.8.